The second-order valence-corrected chi connectivity index (χ2v) is 3.42. The molecule has 0 aliphatic rings. The molecule has 0 saturated heterocycles. The van der Waals surface area contributed by atoms with E-state index in [0.717, 1.165) is 5.56 Å². The molecule has 3 heteroatoms. The fraction of sp³-hybridized carbons (Fsp3) is 0.444. The lowest BCUT2D eigenvalue weighted by Gasteiger charge is -2.19. The van der Waals surface area contributed by atoms with Gasteiger partial charge >= 0.3 is 0 Å². The summed E-state index contributed by atoms with van der Waals surface area (Å²) < 4.78 is 0. The highest BCUT2D eigenvalue weighted by molar-refractivity contribution is 5.22. The minimum atomic E-state index is -0.368. The van der Waals surface area contributed by atoms with Gasteiger partial charge in [-0.1, -0.05) is 0 Å². The molecule has 0 saturated carbocycles. The summed E-state index contributed by atoms with van der Waals surface area (Å²) in [6.45, 7) is 3.80. The van der Waals surface area contributed by atoms with Crippen molar-refractivity contribution in [3.8, 4) is 0 Å². The van der Waals surface area contributed by atoms with Crippen molar-refractivity contribution in [3.63, 3.8) is 0 Å². The van der Waals surface area contributed by atoms with Crippen molar-refractivity contribution in [2.45, 2.75) is 26.0 Å². The smallest absolute Gasteiger partial charge is 0.0853 e. The number of aromatic nitrogens is 1. The first-order chi connectivity index (χ1) is 5.54. The maximum Gasteiger partial charge on any atom is 0.0853 e. The van der Waals surface area contributed by atoms with Gasteiger partial charge in [-0.15, -0.1) is 0 Å². The molecule has 0 unspecified atom stereocenters. The molecule has 3 N–H and O–H groups in total. The Morgan fingerprint density at radius 1 is 1.58 bits per heavy atom. The van der Waals surface area contributed by atoms with Crippen molar-refractivity contribution in [1.29, 1.82) is 0 Å². The molecule has 0 radical (unpaired) electrons. The van der Waals surface area contributed by atoms with E-state index in [0.29, 0.717) is 5.69 Å². The Balaban J connectivity index is 3.02. The summed E-state index contributed by atoms with van der Waals surface area (Å²) in [5, 5.41) is 8.82. The van der Waals surface area contributed by atoms with Crippen LogP contribution in [0.2, 0.25) is 0 Å². The minimum Gasteiger partial charge on any atom is -0.390 e. The molecule has 0 spiro atoms. The van der Waals surface area contributed by atoms with Gasteiger partial charge in [-0.25, -0.2) is 0 Å². The second kappa shape index (κ2) is 3.21. The quantitative estimate of drug-likeness (QED) is 0.682. The van der Waals surface area contributed by atoms with E-state index in [-0.39, 0.29) is 12.1 Å². The SMILES string of the molecule is CC(C)(N)c1ccnc(CO)c1. The normalized spacial score (nSPS) is 11.7. The van der Waals surface area contributed by atoms with Gasteiger partial charge in [0, 0.05) is 11.7 Å². The fourth-order valence-electron chi connectivity index (χ4n) is 0.965. The van der Waals surface area contributed by atoms with Crippen molar-refractivity contribution in [3.05, 3.63) is 29.6 Å². The van der Waals surface area contributed by atoms with Crippen LogP contribution in [0.15, 0.2) is 18.3 Å². The summed E-state index contributed by atoms with van der Waals surface area (Å²) in [6, 6.07) is 3.68. The van der Waals surface area contributed by atoms with Crippen LogP contribution in [0, 0.1) is 0 Å². The molecule has 1 aromatic heterocycles. The fourth-order valence-corrected chi connectivity index (χ4v) is 0.965. The molecule has 1 rings (SSSR count). The average molecular weight is 166 g/mol. The lowest BCUT2D eigenvalue weighted by Crippen LogP contribution is -2.28. The standard InChI is InChI=1S/C9H14N2O/c1-9(2,10)7-3-4-11-8(5-7)6-12/h3-5,12H,6,10H2,1-2H3. The molecular formula is C9H14N2O. The van der Waals surface area contributed by atoms with Gasteiger partial charge in [-0.05, 0) is 31.5 Å². The van der Waals surface area contributed by atoms with Crippen LogP contribution in [0.3, 0.4) is 0 Å². The van der Waals surface area contributed by atoms with Gasteiger partial charge in [-0.2, -0.15) is 0 Å². The molecule has 0 aromatic carbocycles. The zero-order valence-corrected chi connectivity index (χ0v) is 7.41. The van der Waals surface area contributed by atoms with Crippen LogP contribution in [-0.2, 0) is 12.1 Å². The van der Waals surface area contributed by atoms with Crippen LogP contribution in [0.1, 0.15) is 25.1 Å². The number of aliphatic hydroxyl groups is 1. The molecule has 0 aliphatic heterocycles. The largest absolute Gasteiger partial charge is 0.390 e. The summed E-state index contributed by atoms with van der Waals surface area (Å²) in [5.74, 6) is 0. The third kappa shape index (κ3) is 2.03. The molecule has 0 aliphatic carbocycles. The predicted molar refractivity (Wildman–Crippen MR) is 47.4 cm³/mol. The van der Waals surface area contributed by atoms with E-state index in [1.54, 1.807) is 6.20 Å². The first-order valence-electron chi connectivity index (χ1n) is 3.89. The van der Waals surface area contributed by atoms with Crippen LogP contribution in [0.5, 0.6) is 0 Å². The van der Waals surface area contributed by atoms with Gasteiger partial charge < -0.3 is 10.8 Å². The van der Waals surface area contributed by atoms with Gasteiger partial charge in [0.25, 0.3) is 0 Å². The van der Waals surface area contributed by atoms with E-state index < -0.39 is 0 Å². The van der Waals surface area contributed by atoms with E-state index in [9.17, 15) is 0 Å². The Morgan fingerprint density at radius 3 is 2.75 bits per heavy atom. The van der Waals surface area contributed by atoms with E-state index in [1.807, 2.05) is 26.0 Å². The van der Waals surface area contributed by atoms with Crippen molar-refractivity contribution < 1.29 is 5.11 Å². The molecule has 1 heterocycles. The van der Waals surface area contributed by atoms with Crippen LogP contribution in [0.4, 0.5) is 0 Å². The van der Waals surface area contributed by atoms with E-state index in [2.05, 4.69) is 4.98 Å². The number of pyridine rings is 1. The minimum absolute atomic E-state index is 0.0378. The summed E-state index contributed by atoms with van der Waals surface area (Å²) in [5.41, 5.74) is 7.15. The number of hydrogen-bond acceptors (Lipinski definition) is 3. The molecule has 12 heavy (non-hydrogen) atoms. The monoisotopic (exact) mass is 166 g/mol. The topological polar surface area (TPSA) is 59.1 Å². The van der Waals surface area contributed by atoms with Crippen LogP contribution in [0.25, 0.3) is 0 Å². The van der Waals surface area contributed by atoms with E-state index >= 15 is 0 Å². The average Bonchev–Trinajstić information content (AvgIpc) is 2.03. The third-order valence-electron chi connectivity index (χ3n) is 1.72. The van der Waals surface area contributed by atoms with Gasteiger partial charge in [0.05, 0.1) is 12.3 Å². The number of nitrogens with two attached hydrogens (primary N) is 1. The van der Waals surface area contributed by atoms with Crippen LogP contribution in [-0.4, -0.2) is 10.1 Å². The molecule has 0 fully saturated rings. The number of hydrogen-bond donors (Lipinski definition) is 2. The number of aliphatic hydroxyl groups excluding tert-OH is 1. The van der Waals surface area contributed by atoms with Crippen molar-refractivity contribution in [2.75, 3.05) is 0 Å². The van der Waals surface area contributed by atoms with Crippen LogP contribution >= 0.6 is 0 Å². The molecule has 66 valence electrons. The van der Waals surface area contributed by atoms with Crippen molar-refractivity contribution in [1.82, 2.24) is 4.98 Å². The highest BCUT2D eigenvalue weighted by atomic mass is 16.3. The summed E-state index contributed by atoms with van der Waals surface area (Å²) in [7, 11) is 0. The highest BCUT2D eigenvalue weighted by Crippen LogP contribution is 2.16. The zero-order valence-electron chi connectivity index (χ0n) is 7.41. The number of rotatable bonds is 2. The van der Waals surface area contributed by atoms with Gasteiger partial charge in [0.1, 0.15) is 0 Å². The predicted octanol–water partition coefficient (Wildman–Crippen LogP) is 0.768. The molecule has 3 nitrogen and oxygen atoms in total. The summed E-state index contributed by atoms with van der Waals surface area (Å²) in [6.07, 6.45) is 1.66. The summed E-state index contributed by atoms with van der Waals surface area (Å²) in [4.78, 5) is 3.97. The molecule has 1 aromatic rings. The lowest BCUT2D eigenvalue weighted by atomic mass is 9.96. The molecule has 0 atom stereocenters. The Kier molecular flexibility index (Phi) is 2.45. The Bertz CT molecular complexity index is 265. The van der Waals surface area contributed by atoms with E-state index in [4.69, 9.17) is 10.8 Å². The Hall–Kier alpha value is -0.930. The van der Waals surface area contributed by atoms with Gasteiger partial charge in [-0.3, -0.25) is 4.98 Å². The van der Waals surface area contributed by atoms with E-state index in [1.165, 1.54) is 0 Å². The third-order valence-corrected chi connectivity index (χ3v) is 1.72. The summed E-state index contributed by atoms with van der Waals surface area (Å²) >= 11 is 0. The highest BCUT2D eigenvalue weighted by Gasteiger charge is 2.13. The second-order valence-electron chi connectivity index (χ2n) is 3.42. The maximum absolute atomic E-state index is 8.82. The van der Waals surface area contributed by atoms with Crippen molar-refractivity contribution >= 4 is 0 Å². The van der Waals surface area contributed by atoms with Crippen molar-refractivity contribution in [2.24, 2.45) is 5.73 Å². The van der Waals surface area contributed by atoms with Gasteiger partial charge in [0.15, 0.2) is 0 Å². The lowest BCUT2D eigenvalue weighted by molar-refractivity contribution is 0.276. The molecule has 0 bridgehead atoms. The van der Waals surface area contributed by atoms with Gasteiger partial charge in [0.2, 0.25) is 0 Å². The first-order valence-corrected chi connectivity index (χ1v) is 3.89. The number of nitrogens with zero attached hydrogens (tertiary/aromatic N) is 1. The Morgan fingerprint density at radius 2 is 2.25 bits per heavy atom. The molecule has 0 amide bonds. The maximum atomic E-state index is 8.82. The van der Waals surface area contributed by atoms with Crippen LogP contribution < -0.4 is 5.73 Å². The molecular weight excluding hydrogens is 152 g/mol. The zero-order chi connectivity index (χ0) is 9.19. The first kappa shape index (κ1) is 9.16. The Labute approximate surface area is 72.2 Å².